The molecule has 2 aromatic carbocycles. The van der Waals surface area contributed by atoms with E-state index in [4.69, 9.17) is 5.14 Å². The molecule has 31 heavy (non-hydrogen) atoms. The average molecular weight is 436 g/mol. The lowest BCUT2D eigenvalue weighted by Crippen LogP contribution is -2.41. The molecule has 0 saturated carbocycles. The Labute approximate surface area is 177 Å². The van der Waals surface area contributed by atoms with Crippen LogP contribution in [0.5, 0.6) is 0 Å². The largest absolute Gasteiger partial charge is 0.333 e. The van der Waals surface area contributed by atoms with Gasteiger partial charge in [0.2, 0.25) is 10.0 Å². The predicted molar refractivity (Wildman–Crippen MR) is 115 cm³/mol. The van der Waals surface area contributed by atoms with Crippen LogP contribution in [0, 0.1) is 5.82 Å². The third kappa shape index (κ3) is 3.28. The Kier molecular flexibility index (Phi) is 4.38. The van der Waals surface area contributed by atoms with Gasteiger partial charge >= 0.3 is 6.03 Å². The Morgan fingerprint density at radius 1 is 1.03 bits per heavy atom. The molecule has 7 nitrogen and oxygen atoms in total. The van der Waals surface area contributed by atoms with E-state index in [0.29, 0.717) is 35.2 Å². The van der Waals surface area contributed by atoms with E-state index < -0.39 is 20.7 Å². The highest BCUT2D eigenvalue weighted by atomic mass is 32.2. The van der Waals surface area contributed by atoms with Crippen molar-refractivity contribution in [3.63, 3.8) is 0 Å². The van der Waals surface area contributed by atoms with Crippen LogP contribution in [0.2, 0.25) is 0 Å². The number of carbonyl (C=O) groups is 1. The van der Waals surface area contributed by atoms with Crippen molar-refractivity contribution in [2.24, 2.45) is 5.14 Å². The first kappa shape index (κ1) is 19.4. The van der Waals surface area contributed by atoms with Gasteiger partial charge in [-0.05, 0) is 42.5 Å². The molecule has 0 radical (unpaired) electrons. The third-order valence-electron chi connectivity index (χ3n) is 5.39. The first-order chi connectivity index (χ1) is 14.8. The number of amides is 1. The number of fused-ring (bicyclic) bond motifs is 3. The van der Waals surface area contributed by atoms with Crippen LogP contribution in [0.15, 0.2) is 71.8 Å². The normalized spacial score (nSPS) is 14.1. The number of pyridine rings is 1. The molecule has 3 heterocycles. The lowest BCUT2D eigenvalue weighted by atomic mass is 10.1. The number of carbonyl (C=O) groups excluding carboxylic acids is 1. The third-order valence-corrected chi connectivity index (χ3v) is 6.32. The highest BCUT2D eigenvalue weighted by Gasteiger charge is 2.28. The Balaban J connectivity index is 1.55. The molecule has 0 atom stereocenters. The summed E-state index contributed by atoms with van der Waals surface area (Å²) in [4.78, 5) is 18.6. The van der Waals surface area contributed by atoms with E-state index in [1.807, 2.05) is 42.5 Å². The first-order valence-corrected chi connectivity index (χ1v) is 11.1. The Hall–Kier alpha value is -3.56. The quantitative estimate of drug-likeness (QED) is 0.531. The van der Waals surface area contributed by atoms with Crippen molar-refractivity contribution in [1.82, 2.24) is 9.55 Å². The zero-order valence-corrected chi connectivity index (χ0v) is 17.0. The van der Waals surface area contributed by atoms with Crippen LogP contribution in [0.4, 0.5) is 14.9 Å². The predicted octanol–water partition coefficient (Wildman–Crippen LogP) is 3.52. The highest BCUT2D eigenvalue weighted by molar-refractivity contribution is 7.89. The summed E-state index contributed by atoms with van der Waals surface area (Å²) in [5.74, 6) is -0.938. The van der Waals surface area contributed by atoms with Gasteiger partial charge in [-0.3, -0.25) is 14.5 Å². The summed E-state index contributed by atoms with van der Waals surface area (Å²) in [6.07, 6.45) is 2.25. The number of anilines is 1. The zero-order valence-electron chi connectivity index (χ0n) is 16.2. The number of hydrogen-bond donors (Lipinski definition) is 1. The lowest BCUT2D eigenvalue weighted by molar-refractivity contribution is 0.246. The fourth-order valence-electron chi connectivity index (χ4n) is 3.92. The van der Waals surface area contributed by atoms with Crippen molar-refractivity contribution >= 4 is 32.6 Å². The molecule has 2 aromatic heterocycles. The molecule has 1 amide bonds. The maximum atomic E-state index is 14.2. The van der Waals surface area contributed by atoms with Crippen LogP contribution in [-0.2, 0) is 16.4 Å². The summed E-state index contributed by atoms with van der Waals surface area (Å²) >= 11 is 0. The van der Waals surface area contributed by atoms with Crippen molar-refractivity contribution in [3.8, 4) is 11.3 Å². The molecule has 4 aromatic rings. The number of aromatic nitrogens is 2. The van der Waals surface area contributed by atoms with E-state index in [1.54, 1.807) is 17.2 Å². The smallest absolute Gasteiger partial charge is 0.293 e. The minimum atomic E-state index is -4.26. The second-order valence-corrected chi connectivity index (χ2v) is 8.83. The van der Waals surface area contributed by atoms with E-state index in [-0.39, 0.29) is 6.03 Å². The summed E-state index contributed by atoms with van der Waals surface area (Å²) in [6.45, 7) is 0.447. The van der Waals surface area contributed by atoms with Crippen LogP contribution < -0.4 is 10.0 Å². The molecular formula is C22H17FN4O3S. The average Bonchev–Trinajstić information content (AvgIpc) is 3.11. The molecule has 1 aliphatic rings. The standard InChI is InChI=1S/C22H17FN4O3S/c23-18-12-15-11-17-8-10-26(22(28)27(17)20(15)13-21(18)31(24,29)30)16-6-4-14(5-7-16)19-3-1-2-9-25-19/h1-7,9,11-13H,8,10H2,(H2,24,29,30). The second kappa shape index (κ2) is 7.00. The van der Waals surface area contributed by atoms with Crippen molar-refractivity contribution < 1.29 is 17.6 Å². The van der Waals surface area contributed by atoms with Gasteiger partial charge in [0.05, 0.1) is 11.2 Å². The monoisotopic (exact) mass is 436 g/mol. The summed E-state index contributed by atoms with van der Waals surface area (Å²) in [5.41, 5.74) is 3.45. The van der Waals surface area contributed by atoms with E-state index in [2.05, 4.69) is 4.98 Å². The number of rotatable bonds is 3. The van der Waals surface area contributed by atoms with Gasteiger partial charge in [-0.2, -0.15) is 0 Å². The molecule has 0 bridgehead atoms. The van der Waals surface area contributed by atoms with Crippen molar-refractivity contribution in [2.75, 3.05) is 11.4 Å². The molecule has 5 rings (SSSR count). The minimum absolute atomic E-state index is 0.306. The van der Waals surface area contributed by atoms with Crippen LogP contribution >= 0.6 is 0 Å². The van der Waals surface area contributed by atoms with Gasteiger partial charge in [0.1, 0.15) is 10.7 Å². The van der Waals surface area contributed by atoms with Gasteiger partial charge in [-0.25, -0.2) is 22.7 Å². The van der Waals surface area contributed by atoms with Gasteiger partial charge in [0, 0.05) is 41.5 Å². The van der Waals surface area contributed by atoms with Crippen LogP contribution in [0.3, 0.4) is 0 Å². The molecule has 0 unspecified atom stereocenters. The van der Waals surface area contributed by atoms with E-state index in [1.165, 1.54) is 4.57 Å². The number of nitrogens with two attached hydrogens (primary N) is 1. The minimum Gasteiger partial charge on any atom is -0.293 e. The van der Waals surface area contributed by atoms with Crippen LogP contribution in [0.25, 0.3) is 22.2 Å². The molecule has 1 aliphatic heterocycles. The van der Waals surface area contributed by atoms with E-state index in [0.717, 1.165) is 23.4 Å². The van der Waals surface area contributed by atoms with Crippen LogP contribution in [-0.4, -0.2) is 30.5 Å². The molecule has 156 valence electrons. The van der Waals surface area contributed by atoms with Crippen LogP contribution in [0.1, 0.15) is 5.69 Å². The first-order valence-electron chi connectivity index (χ1n) is 9.53. The maximum Gasteiger partial charge on any atom is 0.333 e. The van der Waals surface area contributed by atoms with E-state index in [9.17, 15) is 17.6 Å². The van der Waals surface area contributed by atoms with Gasteiger partial charge in [0.15, 0.2) is 0 Å². The van der Waals surface area contributed by atoms with Crippen molar-refractivity contribution in [2.45, 2.75) is 11.3 Å². The maximum absolute atomic E-state index is 14.2. The summed E-state index contributed by atoms with van der Waals surface area (Å²) in [6, 6.07) is 16.7. The Morgan fingerprint density at radius 2 is 1.81 bits per heavy atom. The van der Waals surface area contributed by atoms with Crippen molar-refractivity contribution in [1.29, 1.82) is 0 Å². The van der Waals surface area contributed by atoms with E-state index >= 15 is 0 Å². The molecule has 9 heteroatoms. The number of benzene rings is 2. The Bertz CT molecular complexity index is 1430. The number of hydrogen-bond acceptors (Lipinski definition) is 4. The lowest BCUT2D eigenvalue weighted by Gasteiger charge is -2.29. The summed E-state index contributed by atoms with van der Waals surface area (Å²) < 4.78 is 39.1. The second-order valence-electron chi connectivity index (χ2n) is 7.30. The number of sulfonamides is 1. The molecule has 0 spiro atoms. The molecule has 0 saturated heterocycles. The SMILES string of the molecule is NS(=O)(=O)c1cc2c(cc1F)cc1n2C(=O)N(c2ccc(-c3ccccn3)cc2)CC1. The number of halogens is 1. The van der Waals surface area contributed by atoms with Gasteiger partial charge < -0.3 is 0 Å². The highest BCUT2D eigenvalue weighted by Crippen LogP contribution is 2.31. The van der Waals surface area contributed by atoms with Gasteiger partial charge in [-0.15, -0.1) is 0 Å². The fourth-order valence-corrected chi connectivity index (χ4v) is 4.53. The van der Waals surface area contributed by atoms with Gasteiger partial charge in [0.25, 0.3) is 0 Å². The molecule has 2 N–H and O–H groups in total. The zero-order chi connectivity index (χ0) is 21.8. The molecule has 0 aliphatic carbocycles. The number of nitrogens with zero attached hydrogens (tertiary/aromatic N) is 3. The molecule has 0 fully saturated rings. The Morgan fingerprint density at radius 3 is 2.48 bits per heavy atom. The summed E-state index contributed by atoms with van der Waals surface area (Å²) in [7, 11) is -4.26. The van der Waals surface area contributed by atoms with Gasteiger partial charge in [-0.1, -0.05) is 18.2 Å². The number of primary sulfonamides is 1. The van der Waals surface area contributed by atoms with Crippen molar-refractivity contribution in [3.05, 3.63) is 78.4 Å². The fraction of sp³-hybridized carbons (Fsp3) is 0.0909. The molecular weight excluding hydrogens is 419 g/mol. The summed E-state index contributed by atoms with van der Waals surface area (Å²) in [5, 5.41) is 5.58. The topological polar surface area (TPSA) is 98.3 Å².